The van der Waals surface area contributed by atoms with Crippen LogP contribution in [0.2, 0.25) is 0 Å². The van der Waals surface area contributed by atoms with Crippen molar-refractivity contribution in [1.29, 1.82) is 0 Å². The first-order chi connectivity index (χ1) is 8.72. The Morgan fingerprint density at radius 3 is 1.58 bits per heavy atom. The maximum atomic E-state index is 5.33. The molecular formula is C15H26N4. The Morgan fingerprint density at radius 2 is 1.37 bits per heavy atom. The SMILES string of the molecule is C.CCCN.Nc1cccnc1N.c1ccccc1. The van der Waals surface area contributed by atoms with E-state index in [9.17, 15) is 0 Å². The molecule has 0 saturated carbocycles. The lowest BCUT2D eigenvalue weighted by Crippen LogP contribution is -1.95. The fraction of sp³-hybridized carbons (Fsp3) is 0.267. The smallest absolute Gasteiger partial charge is 0.146 e. The van der Waals surface area contributed by atoms with E-state index in [-0.39, 0.29) is 7.43 Å². The number of nitrogens with two attached hydrogens (primary N) is 3. The highest BCUT2D eigenvalue weighted by atomic mass is 14.9. The van der Waals surface area contributed by atoms with Gasteiger partial charge in [0.05, 0.1) is 5.69 Å². The van der Waals surface area contributed by atoms with Crippen LogP contribution in [0.5, 0.6) is 0 Å². The summed E-state index contributed by atoms with van der Waals surface area (Å²) >= 11 is 0. The van der Waals surface area contributed by atoms with Crippen molar-refractivity contribution in [2.24, 2.45) is 5.73 Å². The molecule has 0 aliphatic carbocycles. The first-order valence-corrected chi connectivity index (χ1v) is 5.88. The summed E-state index contributed by atoms with van der Waals surface area (Å²) in [4.78, 5) is 3.73. The molecule has 19 heavy (non-hydrogen) atoms. The van der Waals surface area contributed by atoms with Crippen molar-refractivity contribution >= 4 is 11.5 Å². The van der Waals surface area contributed by atoms with E-state index in [0.29, 0.717) is 11.5 Å². The number of benzene rings is 1. The van der Waals surface area contributed by atoms with Gasteiger partial charge in [-0.3, -0.25) is 0 Å². The van der Waals surface area contributed by atoms with Crippen LogP contribution in [-0.4, -0.2) is 11.5 Å². The van der Waals surface area contributed by atoms with Gasteiger partial charge in [0.15, 0.2) is 0 Å². The van der Waals surface area contributed by atoms with Gasteiger partial charge in [0.1, 0.15) is 5.82 Å². The van der Waals surface area contributed by atoms with Crippen LogP contribution in [0.4, 0.5) is 11.5 Å². The zero-order chi connectivity index (χ0) is 13.6. The van der Waals surface area contributed by atoms with E-state index in [1.54, 1.807) is 18.3 Å². The molecule has 0 atom stereocenters. The molecule has 1 heterocycles. The molecule has 2 aromatic rings. The molecule has 0 unspecified atom stereocenters. The minimum Gasteiger partial charge on any atom is -0.396 e. The molecule has 1 aromatic heterocycles. The Labute approximate surface area is 116 Å². The molecule has 0 bridgehead atoms. The summed E-state index contributed by atoms with van der Waals surface area (Å²) in [6.07, 6.45) is 2.70. The Hall–Kier alpha value is -2.07. The second-order valence-corrected chi connectivity index (χ2v) is 3.42. The molecule has 0 radical (unpaired) electrons. The number of nitrogen functional groups attached to an aromatic ring is 2. The zero-order valence-electron chi connectivity index (χ0n) is 10.8. The van der Waals surface area contributed by atoms with Gasteiger partial charge in [-0.15, -0.1) is 0 Å². The van der Waals surface area contributed by atoms with E-state index in [2.05, 4.69) is 11.9 Å². The summed E-state index contributed by atoms with van der Waals surface area (Å²) in [5.74, 6) is 0.396. The summed E-state index contributed by atoms with van der Waals surface area (Å²) in [6, 6.07) is 15.5. The Balaban J connectivity index is 0. The van der Waals surface area contributed by atoms with Gasteiger partial charge >= 0.3 is 0 Å². The summed E-state index contributed by atoms with van der Waals surface area (Å²) < 4.78 is 0. The van der Waals surface area contributed by atoms with E-state index in [4.69, 9.17) is 17.2 Å². The lowest BCUT2D eigenvalue weighted by atomic mass is 10.4. The minimum atomic E-state index is 0. The average molecular weight is 262 g/mol. The number of rotatable bonds is 1. The molecule has 0 spiro atoms. The standard InChI is InChI=1S/C6H6.C5H7N3.C3H9N.CH4/c1-2-4-6-5-3-1;6-4-2-1-3-8-5(4)7;1-2-3-4;/h1-6H;1-3H,6H2,(H2,7,8);2-4H2,1H3;1H4. The largest absolute Gasteiger partial charge is 0.396 e. The molecule has 0 aliphatic rings. The maximum absolute atomic E-state index is 5.33. The number of nitrogens with zero attached hydrogens (tertiary/aromatic N) is 1. The van der Waals surface area contributed by atoms with Crippen molar-refractivity contribution in [2.45, 2.75) is 20.8 Å². The molecular weight excluding hydrogens is 236 g/mol. The molecule has 1 aromatic carbocycles. The number of aromatic nitrogens is 1. The highest BCUT2D eigenvalue weighted by Gasteiger charge is 1.87. The third-order valence-electron chi connectivity index (χ3n) is 1.83. The average Bonchev–Trinajstić information content (AvgIpc) is 2.45. The van der Waals surface area contributed by atoms with Crippen LogP contribution in [0, 0.1) is 0 Å². The second kappa shape index (κ2) is 14.0. The molecule has 106 valence electrons. The predicted molar refractivity (Wildman–Crippen MR) is 85.6 cm³/mol. The third-order valence-corrected chi connectivity index (χ3v) is 1.83. The highest BCUT2D eigenvalue weighted by molar-refractivity contribution is 5.56. The van der Waals surface area contributed by atoms with Gasteiger partial charge in [-0.2, -0.15) is 0 Å². The Morgan fingerprint density at radius 1 is 0.947 bits per heavy atom. The first kappa shape index (κ1) is 19.3. The van der Waals surface area contributed by atoms with E-state index < -0.39 is 0 Å². The fourth-order valence-electron chi connectivity index (χ4n) is 0.815. The summed E-state index contributed by atoms with van der Waals surface area (Å²) in [5, 5.41) is 0. The van der Waals surface area contributed by atoms with Crippen molar-refractivity contribution in [3.05, 3.63) is 54.7 Å². The van der Waals surface area contributed by atoms with Crippen LogP contribution in [-0.2, 0) is 0 Å². The number of hydrogen-bond acceptors (Lipinski definition) is 4. The van der Waals surface area contributed by atoms with Crippen molar-refractivity contribution in [3.63, 3.8) is 0 Å². The van der Waals surface area contributed by atoms with Crippen molar-refractivity contribution in [3.8, 4) is 0 Å². The normalized spacial score (nSPS) is 7.89. The Kier molecular flexibility index (Phi) is 14.2. The first-order valence-electron chi connectivity index (χ1n) is 5.88. The van der Waals surface area contributed by atoms with Crippen molar-refractivity contribution in [1.82, 2.24) is 4.98 Å². The van der Waals surface area contributed by atoms with E-state index in [0.717, 1.165) is 13.0 Å². The summed E-state index contributed by atoms with van der Waals surface area (Å²) in [6.45, 7) is 2.88. The quantitative estimate of drug-likeness (QED) is 0.737. The van der Waals surface area contributed by atoms with Gasteiger partial charge in [-0.05, 0) is 25.1 Å². The topological polar surface area (TPSA) is 91.0 Å². The minimum absolute atomic E-state index is 0. The van der Waals surface area contributed by atoms with Crippen molar-refractivity contribution < 1.29 is 0 Å². The molecule has 0 amide bonds. The van der Waals surface area contributed by atoms with Gasteiger partial charge in [-0.25, -0.2) is 4.98 Å². The molecule has 0 aliphatic heterocycles. The van der Waals surface area contributed by atoms with Crippen LogP contribution in [0.3, 0.4) is 0 Å². The van der Waals surface area contributed by atoms with Gasteiger partial charge in [0, 0.05) is 6.20 Å². The number of hydrogen-bond donors (Lipinski definition) is 3. The molecule has 4 heteroatoms. The highest BCUT2D eigenvalue weighted by Crippen LogP contribution is 2.06. The predicted octanol–water partition coefficient (Wildman–Crippen LogP) is 2.92. The molecule has 0 fully saturated rings. The third kappa shape index (κ3) is 12.2. The van der Waals surface area contributed by atoms with E-state index in [1.807, 2.05) is 36.4 Å². The number of pyridine rings is 1. The second-order valence-electron chi connectivity index (χ2n) is 3.42. The lowest BCUT2D eigenvalue weighted by Gasteiger charge is -1.92. The van der Waals surface area contributed by atoms with Crippen LogP contribution in [0.1, 0.15) is 20.8 Å². The molecule has 0 saturated heterocycles. The zero-order valence-corrected chi connectivity index (χ0v) is 10.8. The summed E-state index contributed by atoms with van der Waals surface area (Å²) in [7, 11) is 0. The van der Waals surface area contributed by atoms with Gasteiger partial charge in [-0.1, -0.05) is 50.7 Å². The van der Waals surface area contributed by atoms with E-state index in [1.165, 1.54) is 0 Å². The Bertz CT molecular complexity index is 341. The lowest BCUT2D eigenvalue weighted by molar-refractivity contribution is 0.932. The van der Waals surface area contributed by atoms with Gasteiger partial charge < -0.3 is 17.2 Å². The van der Waals surface area contributed by atoms with Crippen LogP contribution in [0.25, 0.3) is 0 Å². The van der Waals surface area contributed by atoms with Crippen LogP contribution in [0.15, 0.2) is 54.7 Å². The fourth-order valence-corrected chi connectivity index (χ4v) is 0.815. The maximum Gasteiger partial charge on any atom is 0.146 e. The van der Waals surface area contributed by atoms with E-state index >= 15 is 0 Å². The monoisotopic (exact) mass is 262 g/mol. The van der Waals surface area contributed by atoms with Crippen molar-refractivity contribution in [2.75, 3.05) is 18.0 Å². The van der Waals surface area contributed by atoms with Crippen LogP contribution < -0.4 is 17.2 Å². The van der Waals surface area contributed by atoms with Gasteiger partial charge in [0.25, 0.3) is 0 Å². The molecule has 6 N–H and O–H groups in total. The van der Waals surface area contributed by atoms with Crippen LogP contribution >= 0.6 is 0 Å². The number of anilines is 2. The van der Waals surface area contributed by atoms with Gasteiger partial charge in [0.2, 0.25) is 0 Å². The summed E-state index contributed by atoms with van der Waals surface area (Å²) in [5.41, 5.74) is 16.2. The molecule has 4 nitrogen and oxygen atoms in total. The molecule has 2 rings (SSSR count).